The van der Waals surface area contributed by atoms with Gasteiger partial charge < -0.3 is 9.47 Å². The first-order valence-corrected chi connectivity index (χ1v) is 6.50. The van der Waals surface area contributed by atoms with E-state index in [1.54, 1.807) is 0 Å². The number of hydrogen-bond acceptors (Lipinski definition) is 5. The van der Waals surface area contributed by atoms with Crippen molar-refractivity contribution in [2.75, 3.05) is 13.7 Å². The number of carbonyl (C=O) groups excluding carboxylic acids is 1. The van der Waals surface area contributed by atoms with Gasteiger partial charge in [-0.2, -0.15) is 8.42 Å². The molecule has 0 aliphatic carbocycles. The molecule has 94 valence electrons. The number of ether oxygens (including phenoxy) is 2. The van der Waals surface area contributed by atoms with Crippen LogP contribution in [0.1, 0.15) is 12.8 Å². The van der Waals surface area contributed by atoms with Crippen LogP contribution in [0.2, 0.25) is 0 Å². The van der Waals surface area contributed by atoms with E-state index in [0.29, 0.717) is 18.7 Å². The Morgan fingerprint density at radius 2 is 2.41 bits per heavy atom. The van der Waals surface area contributed by atoms with Crippen LogP contribution >= 0.6 is 0 Å². The molecule has 17 heavy (non-hydrogen) atoms. The molecule has 1 fully saturated rings. The highest BCUT2D eigenvalue weighted by molar-refractivity contribution is 7.88. The van der Waals surface area contributed by atoms with Gasteiger partial charge in [0.25, 0.3) is 0 Å². The van der Waals surface area contributed by atoms with Gasteiger partial charge in [0.05, 0.1) is 18.9 Å². The first-order chi connectivity index (χ1) is 8.02. The molecule has 0 saturated carbocycles. The Hall–Kier alpha value is -1.41. The van der Waals surface area contributed by atoms with Gasteiger partial charge in [-0.15, -0.1) is 4.40 Å². The van der Waals surface area contributed by atoms with E-state index in [1.165, 1.54) is 13.2 Å². The molecule has 0 aromatic rings. The third kappa shape index (κ3) is 2.64. The molecular formula is C9H12N2O5S. The van der Waals surface area contributed by atoms with Crippen LogP contribution < -0.4 is 4.72 Å². The van der Waals surface area contributed by atoms with Gasteiger partial charge >= 0.3 is 16.2 Å². The minimum atomic E-state index is -3.88. The third-order valence-corrected chi connectivity index (χ3v) is 3.36. The number of nitrogens with zero attached hydrogens (tertiary/aromatic N) is 1. The Morgan fingerprint density at radius 1 is 1.65 bits per heavy atom. The summed E-state index contributed by atoms with van der Waals surface area (Å²) in [6.07, 6.45) is 2.58. The van der Waals surface area contributed by atoms with Gasteiger partial charge in [-0.25, -0.2) is 4.79 Å². The van der Waals surface area contributed by atoms with E-state index in [9.17, 15) is 13.2 Å². The number of esters is 1. The van der Waals surface area contributed by atoms with Gasteiger partial charge in [-0.3, -0.25) is 4.72 Å². The van der Waals surface area contributed by atoms with E-state index in [-0.39, 0.29) is 11.8 Å². The highest BCUT2D eigenvalue weighted by Crippen LogP contribution is 2.21. The lowest BCUT2D eigenvalue weighted by Gasteiger charge is -2.18. The van der Waals surface area contributed by atoms with Crippen molar-refractivity contribution in [3.63, 3.8) is 0 Å². The Kier molecular flexibility index (Phi) is 3.16. The van der Waals surface area contributed by atoms with Crippen LogP contribution in [0.3, 0.4) is 0 Å². The van der Waals surface area contributed by atoms with Crippen molar-refractivity contribution < 1.29 is 22.7 Å². The summed E-state index contributed by atoms with van der Waals surface area (Å²) < 4.78 is 38.2. The molecule has 0 amide bonds. The van der Waals surface area contributed by atoms with Crippen molar-refractivity contribution in [2.45, 2.75) is 18.9 Å². The van der Waals surface area contributed by atoms with Crippen LogP contribution in [0.5, 0.6) is 0 Å². The lowest BCUT2D eigenvalue weighted by molar-refractivity contribution is -0.132. The topological polar surface area (TPSA) is 94.1 Å². The first kappa shape index (κ1) is 12.1. The maximum absolute atomic E-state index is 11.4. The second-order valence-corrected chi connectivity index (χ2v) is 4.98. The normalized spacial score (nSPS) is 26.8. The Labute approximate surface area is 98.7 Å². The predicted molar refractivity (Wildman–Crippen MR) is 58.6 cm³/mol. The molecule has 2 aliphatic heterocycles. The number of methoxy groups -OCH3 is 1. The molecule has 1 N–H and O–H groups in total. The smallest absolute Gasteiger partial charge is 0.357 e. The summed E-state index contributed by atoms with van der Waals surface area (Å²) in [6, 6.07) is 0. The summed E-state index contributed by atoms with van der Waals surface area (Å²) in [5, 5.41) is 0. The lowest BCUT2D eigenvalue weighted by Crippen LogP contribution is -2.34. The van der Waals surface area contributed by atoms with Crippen molar-refractivity contribution in [3.05, 3.63) is 11.8 Å². The second-order valence-electron chi connectivity index (χ2n) is 3.65. The van der Waals surface area contributed by atoms with E-state index in [1.807, 2.05) is 0 Å². The van der Waals surface area contributed by atoms with E-state index < -0.39 is 16.2 Å². The second kappa shape index (κ2) is 4.46. The summed E-state index contributed by atoms with van der Waals surface area (Å²) >= 11 is 0. The van der Waals surface area contributed by atoms with Crippen LogP contribution in [0, 0.1) is 0 Å². The maximum Gasteiger partial charge on any atom is 0.357 e. The Morgan fingerprint density at radius 3 is 3.00 bits per heavy atom. The Balaban J connectivity index is 2.31. The van der Waals surface area contributed by atoms with E-state index in [0.717, 1.165) is 6.42 Å². The third-order valence-electron chi connectivity index (χ3n) is 2.43. The number of rotatable bonds is 2. The molecule has 2 rings (SSSR count). The minimum Gasteiger partial charge on any atom is -0.464 e. The molecule has 0 radical (unpaired) electrons. The molecule has 0 aromatic carbocycles. The van der Waals surface area contributed by atoms with Gasteiger partial charge in [0.1, 0.15) is 0 Å². The van der Waals surface area contributed by atoms with Crippen molar-refractivity contribution >= 4 is 21.9 Å². The van der Waals surface area contributed by atoms with Gasteiger partial charge in [-0.05, 0) is 18.9 Å². The highest BCUT2D eigenvalue weighted by Gasteiger charge is 2.29. The molecule has 1 unspecified atom stereocenters. The number of hydrogen-bond donors (Lipinski definition) is 1. The van der Waals surface area contributed by atoms with Crippen LogP contribution in [0.15, 0.2) is 16.2 Å². The summed E-state index contributed by atoms with van der Waals surface area (Å²) in [4.78, 5) is 11.3. The van der Waals surface area contributed by atoms with Gasteiger partial charge in [-0.1, -0.05) is 0 Å². The molecule has 0 spiro atoms. The summed E-state index contributed by atoms with van der Waals surface area (Å²) in [5.74, 6) is -0.787. The molecule has 0 bridgehead atoms. The van der Waals surface area contributed by atoms with Crippen molar-refractivity contribution in [1.82, 2.24) is 4.72 Å². The van der Waals surface area contributed by atoms with Crippen LogP contribution in [0.25, 0.3) is 0 Å². The largest absolute Gasteiger partial charge is 0.464 e. The molecule has 0 aromatic heterocycles. The van der Waals surface area contributed by atoms with E-state index in [2.05, 4.69) is 13.9 Å². The average Bonchev–Trinajstić information content (AvgIpc) is 2.79. The van der Waals surface area contributed by atoms with Crippen molar-refractivity contribution in [1.29, 1.82) is 0 Å². The predicted octanol–water partition coefficient (Wildman–Crippen LogP) is -0.489. The van der Waals surface area contributed by atoms with Gasteiger partial charge in [0.2, 0.25) is 0 Å². The molecular weight excluding hydrogens is 248 g/mol. The fourth-order valence-electron chi connectivity index (χ4n) is 1.69. The number of nitrogens with one attached hydrogen (secondary N) is 1. The zero-order chi connectivity index (χ0) is 12.5. The average molecular weight is 260 g/mol. The molecule has 8 heteroatoms. The summed E-state index contributed by atoms with van der Waals surface area (Å²) in [6.45, 7) is 0.578. The molecule has 7 nitrogen and oxygen atoms in total. The zero-order valence-corrected chi connectivity index (χ0v) is 9.99. The SMILES string of the molecule is COC(=O)C1=NS(=O)(=O)NC(C2CCCO2)=C1. The fraction of sp³-hybridized carbons (Fsp3) is 0.556. The maximum atomic E-state index is 11.4. The summed E-state index contributed by atoms with van der Waals surface area (Å²) in [7, 11) is -2.72. The minimum absolute atomic E-state index is 0.239. The monoisotopic (exact) mass is 260 g/mol. The van der Waals surface area contributed by atoms with Crippen LogP contribution in [0.4, 0.5) is 0 Å². The molecule has 1 atom stereocenters. The summed E-state index contributed by atoms with van der Waals surface area (Å²) in [5.41, 5.74) is 0.0923. The lowest BCUT2D eigenvalue weighted by atomic mass is 10.1. The number of carbonyl (C=O) groups is 1. The van der Waals surface area contributed by atoms with Crippen LogP contribution in [-0.4, -0.2) is 39.9 Å². The van der Waals surface area contributed by atoms with Crippen molar-refractivity contribution in [2.24, 2.45) is 4.40 Å². The molecule has 2 heterocycles. The fourth-order valence-corrected chi connectivity index (χ4v) is 2.61. The highest BCUT2D eigenvalue weighted by atomic mass is 32.2. The zero-order valence-electron chi connectivity index (χ0n) is 9.17. The van der Waals surface area contributed by atoms with Gasteiger partial charge in [0.15, 0.2) is 5.71 Å². The van der Waals surface area contributed by atoms with Crippen molar-refractivity contribution in [3.8, 4) is 0 Å². The van der Waals surface area contributed by atoms with E-state index in [4.69, 9.17) is 4.74 Å². The first-order valence-electron chi connectivity index (χ1n) is 5.06. The molecule has 1 saturated heterocycles. The van der Waals surface area contributed by atoms with E-state index >= 15 is 0 Å². The quantitative estimate of drug-likeness (QED) is 0.676. The standard InChI is InChI=1S/C9H12N2O5S/c1-15-9(12)7-5-6(8-3-2-4-16-8)10-17(13,14)11-7/h5,8,10H,2-4H2,1H3. The van der Waals surface area contributed by atoms with Crippen LogP contribution in [-0.2, 0) is 24.5 Å². The van der Waals surface area contributed by atoms with Gasteiger partial charge in [0, 0.05) is 6.61 Å². The molecule has 2 aliphatic rings. The Bertz CT molecular complexity index is 488.